The van der Waals surface area contributed by atoms with E-state index < -0.39 is 17.6 Å². The molecule has 0 saturated carbocycles. The van der Waals surface area contributed by atoms with Gasteiger partial charge in [0.15, 0.2) is 0 Å². The van der Waals surface area contributed by atoms with E-state index in [2.05, 4.69) is 5.32 Å². The normalized spacial score (nSPS) is 10.9. The first-order valence-corrected chi connectivity index (χ1v) is 5.13. The molecule has 0 unspecified atom stereocenters. The van der Waals surface area contributed by atoms with Crippen molar-refractivity contribution in [3.05, 3.63) is 41.5 Å². The number of aliphatic carboxylic acids is 1. The van der Waals surface area contributed by atoms with E-state index in [1.165, 1.54) is 18.2 Å². The van der Waals surface area contributed by atoms with E-state index in [9.17, 15) is 13.6 Å². The molecular formula is C12H13F2NO2. The molecule has 3 nitrogen and oxygen atoms in total. The fourth-order valence-electron chi connectivity index (χ4n) is 1.20. The Labute approximate surface area is 97.8 Å². The molecule has 0 fully saturated rings. The fourth-order valence-corrected chi connectivity index (χ4v) is 1.20. The van der Waals surface area contributed by atoms with Crippen LogP contribution in [0.3, 0.4) is 0 Å². The van der Waals surface area contributed by atoms with Gasteiger partial charge in [-0.15, -0.1) is 0 Å². The van der Waals surface area contributed by atoms with E-state index >= 15 is 0 Å². The van der Waals surface area contributed by atoms with Crippen molar-refractivity contribution in [3.63, 3.8) is 0 Å². The van der Waals surface area contributed by atoms with Gasteiger partial charge < -0.3 is 10.4 Å². The van der Waals surface area contributed by atoms with E-state index in [0.717, 1.165) is 6.07 Å². The highest BCUT2D eigenvalue weighted by molar-refractivity contribution is 5.66. The van der Waals surface area contributed by atoms with Crippen LogP contribution in [0.25, 0.3) is 6.08 Å². The van der Waals surface area contributed by atoms with Gasteiger partial charge >= 0.3 is 5.97 Å². The molecule has 1 aromatic carbocycles. The first-order valence-electron chi connectivity index (χ1n) is 5.13. The van der Waals surface area contributed by atoms with Crippen molar-refractivity contribution in [2.75, 3.05) is 13.1 Å². The second kappa shape index (κ2) is 6.75. The lowest BCUT2D eigenvalue weighted by molar-refractivity contribution is -0.136. The van der Waals surface area contributed by atoms with Crippen molar-refractivity contribution < 1.29 is 18.7 Å². The molecule has 92 valence electrons. The summed E-state index contributed by atoms with van der Waals surface area (Å²) in [6, 6.07) is 3.34. The Morgan fingerprint density at radius 2 is 2.18 bits per heavy atom. The van der Waals surface area contributed by atoms with Crippen LogP contribution in [0.5, 0.6) is 0 Å². The maximum Gasteiger partial charge on any atom is 0.304 e. The highest BCUT2D eigenvalue weighted by atomic mass is 19.1. The van der Waals surface area contributed by atoms with Crippen LogP contribution >= 0.6 is 0 Å². The number of benzene rings is 1. The predicted molar refractivity (Wildman–Crippen MR) is 60.5 cm³/mol. The van der Waals surface area contributed by atoms with Gasteiger partial charge in [0, 0.05) is 24.7 Å². The Bertz CT molecular complexity index is 419. The molecular weight excluding hydrogens is 228 g/mol. The predicted octanol–water partition coefficient (Wildman–Crippen LogP) is 2.04. The number of nitrogens with one attached hydrogen (secondary N) is 1. The molecule has 1 aromatic rings. The van der Waals surface area contributed by atoms with Crippen LogP contribution in [-0.4, -0.2) is 24.2 Å². The zero-order chi connectivity index (χ0) is 12.7. The summed E-state index contributed by atoms with van der Waals surface area (Å²) in [6.45, 7) is 0.787. The van der Waals surface area contributed by atoms with Gasteiger partial charge in [-0.25, -0.2) is 8.78 Å². The summed E-state index contributed by atoms with van der Waals surface area (Å²) >= 11 is 0. The molecule has 0 aliphatic heterocycles. The van der Waals surface area contributed by atoms with Gasteiger partial charge in [0.25, 0.3) is 0 Å². The Balaban J connectivity index is 2.35. The molecule has 0 spiro atoms. The summed E-state index contributed by atoms with van der Waals surface area (Å²) < 4.78 is 25.7. The molecule has 0 bridgehead atoms. The van der Waals surface area contributed by atoms with Crippen molar-refractivity contribution in [1.82, 2.24) is 5.32 Å². The van der Waals surface area contributed by atoms with Crippen LogP contribution in [0.4, 0.5) is 8.78 Å². The molecule has 0 aliphatic rings. The molecule has 17 heavy (non-hydrogen) atoms. The average Bonchev–Trinajstić information content (AvgIpc) is 2.25. The van der Waals surface area contributed by atoms with Crippen molar-refractivity contribution in [1.29, 1.82) is 0 Å². The Morgan fingerprint density at radius 3 is 2.82 bits per heavy atom. The lowest BCUT2D eigenvalue weighted by Crippen LogP contribution is -2.17. The molecule has 0 saturated heterocycles. The van der Waals surface area contributed by atoms with Gasteiger partial charge in [-0.2, -0.15) is 0 Å². The summed E-state index contributed by atoms with van der Waals surface area (Å²) in [5, 5.41) is 11.2. The highest BCUT2D eigenvalue weighted by Crippen LogP contribution is 2.10. The van der Waals surface area contributed by atoms with Crippen molar-refractivity contribution >= 4 is 12.0 Å². The highest BCUT2D eigenvalue weighted by Gasteiger charge is 1.99. The minimum absolute atomic E-state index is 0.0404. The van der Waals surface area contributed by atoms with Gasteiger partial charge in [0.2, 0.25) is 0 Å². The summed E-state index contributed by atoms with van der Waals surface area (Å²) in [4.78, 5) is 10.2. The molecule has 0 amide bonds. The molecule has 0 aromatic heterocycles. The number of carboxylic acid groups (broad SMARTS) is 1. The largest absolute Gasteiger partial charge is 0.481 e. The number of hydrogen-bond donors (Lipinski definition) is 2. The van der Waals surface area contributed by atoms with Crippen LogP contribution in [0.2, 0.25) is 0 Å². The van der Waals surface area contributed by atoms with E-state index in [1.807, 2.05) is 0 Å². The summed E-state index contributed by atoms with van der Waals surface area (Å²) in [5.41, 5.74) is 0.298. The first-order chi connectivity index (χ1) is 8.09. The summed E-state index contributed by atoms with van der Waals surface area (Å²) in [5.74, 6) is -2.10. The summed E-state index contributed by atoms with van der Waals surface area (Å²) in [7, 11) is 0. The fraction of sp³-hybridized carbons (Fsp3) is 0.250. The smallest absolute Gasteiger partial charge is 0.304 e. The molecule has 1 rings (SSSR count). The van der Waals surface area contributed by atoms with Gasteiger partial charge in [-0.05, 0) is 12.1 Å². The molecule has 0 heterocycles. The van der Waals surface area contributed by atoms with Gasteiger partial charge in [0.05, 0.1) is 6.42 Å². The van der Waals surface area contributed by atoms with Crippen LogP contribution in [0.1, 0.15) is 12.0 Å². The number of carboxylic acids is 1. The van der Waals surface area contributed by atoms with Crippen LogP contribution in [-0.2, 0) is 4.79 Å². The zero-order valence-electron chi connectivity index (χ0n) is 9.12. The topological polar surface area (TPSA) is 49.3 Å². The number of carbonyl (C=O) groups is 1. The number of hydrogen-bond acceptors (Lipinski definition) is 2. The Kier molecular flexibility index (Phi) is 5.29. The molecule has 0 atom stereocenters. The number of halogens is 2. The minimum Gasteiger partial charge on any atom is -0.481 e. The van der Waals surface area contributed by atoms with Crippen molar-refractivity contribution in [2.24, 2.45) is 0 Å². The van der Waals surface area contributed by atoms with E-state index in [-0.39, 0.29) is 6.42 Å². The van der Waals surface area contributed by atoms with E-state index in [4.69, 9.17) is 5.11 Å². The second-order valence-electron chi connectivity index (χ2n) is 3.42. The van der Waals surface area contributed by atoms with E-state index in [1.54, 1.807) is 6.08 Å². The maximum absolute atomic E-state index is 13.1. The van der Waals surface area contributed by atoms with Gasteiger partial charge in [-0.3, -0.25) is 4.79 Å². The van der Waals surface area contributed by atoms with E-state index in [0.29, 0.717) is 18.7 Å². The zero-order valence-corrected chi connectivity index (χ0v) is 9.12. The monoisotopic (exact) mass is 241 g/mol. The SMILES string of the molecule is O=C(O)CCNC/C=C/c1ccc(F)cc1F. The second-order valence-corrected chi connectivity index (χ2v) is 3.42. The summed E-state index contributed by atoms with van der Waals surface area (Å²) in [6.07, 6.45) is 3.21. The lowest BCUT2D eigenvalue weighted by Gasteiger charge is -1.99. The average molecular weight is 241 g/mol. The molecule has 0 aliphatic carbocycles. The Morgan fingerprint density at radius 1 is 1.41 bits per heavy atom. The quantitative estimate of drug-likeness (QED) is 0.749. The third-order valence-corrected chi connectivity index (χ3v) is 2.04. The third-order valence-electron chi connectivity index (χ3n) is 2.04. The van der Waals surface area contributed by atoms with Gasteiger partial charge in [0.1, 0.15) is 11.6 Å². The van der Waals surface area contributed by atoms with Gasteiger partial charge in [-0.1, -0.05) is 12.2 Å². The van der Waals surface area contributed by atoms with Crippen LogP contribution < -0.4 is 5.32 Å². The maximum atomic E-state index is 13.1. The van der Waals surface area contributed by atoms with Crippen molar-refractivity contribution in [3.8, 4) is 0 Å². The molecule has 5 heteroatoms. The standard InChI is InChI=1S/C12H13F2NO2/c13-10-4-3-9(11(14)8-10)2-1-6-15-7-5-12(16)17/h1-4,8,15H,5-7H2,(H,16,17)/b2-1+. The number of rotatable bonds is 6. The molecule has 0 radical (unpaired) electrons. The first kappa shape index (κ1) is 13.3. The van der Waals surface area contributed by atoms with Crippen LogP contribution in [0, 0.1) is 11.6 Å². The molecule has 2 N–H and O–H groups in total. The Hall–Kier alpha value is -1.75. The minimum atomic E-state index is -0.869. The third kappa shape index (κ3) is 5.21. The lowest BCUT2D eigenvalue weighted by atomic mass is 10.2. The van der Waals surface area contributed by atoms with Crippen LogP contribution in [0.15, 0.2) is 24.3 Å². The van der Waals surface area contributed by atoms with Crippen molar-refractivity contribution in [2.45, 2.75) is 6.42 Å².